The number of rotatable bonds is 3. The highest BCUT2D eigenvalue weighted by atomic mass is 19.1. The molecule has 1 nitrogen and oxygen atoms in total. The number of hydrogen-bond donors (Lipinski definition) is 1. The number of hydrogen-bond acceptors (Lipinski definition) is 1. The van der Waals surface area contributed by atoms with E-state index in [2.05, 4.69) is 12.2 Å². The minimum Gasteiger partial charge on any atom is -0.384 e. The zero-order valence-electron chi connectivity index (χ0n) is 10.8. The van der Waals surface area contributed by atoms with E-state index in [1.165, 1.54) is 31.7 Å². The van der Waals surface area contributed by atoms with E-state index < -0.39 is 0 Å². The van der Waals surface area contributed by atoms with Gasteiger partial charge in [-0.15, -0.1) is 0 Å². The molecule has 0 aromatic heterocycles. The third kappa shape index (κ3) is 3.45. The van der Waals surface area contributed by atoms with Crippen LogP contribution in [0.1, 0.15) is 38.2 Å². The van der Waals surface area contributed by atoms with E-state index in [0.29, 0.717) is 0 Å². The molecular weight excluding hydrogens is 213 g/mol. The van der Waals surface area contributed by atoms with Gasteiger partial charge in [0.2, 0.25) is 0 Å². The topological polar surface area (TPSA) is 12.0 Å². The van der Waals surface area contributed by atoms with E-state index in [1.54, 1.807) is 6.07 Å². The van der Waals surface area contributed by atoms with Crippen LogP contribution >= 0.6 is 0 Å². The lowest BCUT2D eigenvalue weighted by atomic mass is 9.82. The van der Waals surface area contributed by atoms with Crippen LogP contribution in [0.4, 0.5) is 10.1 Å². The number of halogens is 1. The summed E-state index contributed by atoms with van der Waals surface area (Å²) in [7, 11) is 0. The van der Waals surface area contributed by atoms with Gasteiger partial charge in [-0.2, -0.15) is 0 Å². The number of nitrogens with one attached hydrogen (secondary N) is 1. The fourth-order valence-electron chi connectivity index (χ4n) is 2.78. The molecule has 17 heavy (non-hydrogen) atoms. The quantitative estimate of drug-likeness (QED) is 0.820. The molecule has 1 N–H and O–H groups in total. The molecule has 2 heteroatoms. The average molecular weight is 235 g/mol. The largest absolute Gasteiger partial charge is 0.384 e. The second kappa shape index (κ2) is 5.52. The van der Waals surface area contributed by atoms with Gasteiger partial charge in [0.1, 0.15) is 5.82 Å². The number of benzene rings is 1. The molecule has 0 amide bonds. The standard InChI is InChI=1S/C15H22FN/c1-11-4-3-5-13(8-11)10-17-15-9-14(16)7-6-12(15)2/h6-7,9,11,13,17H,3-5,8,10H2,1-2H3. The van der Waals surface area contributed by atoms with Gasteiger partial charge in [0.05, 0.1) is 0 Å². The van der Waals surface area contributed by atoms with Crippen LogP contribution in [0.2, 0.25) is 0 Å². The summed E-state index contributed by atoms with van der Waals surface area (Å²) < 4.78 is 13.1. The van der Waals surface area contributed by atoms with E-state index in [0.717, 1.165) is 29.6 Å². The Morgan fingerprint density at radius 3 is 2.94 bits per heavy atom. The van der Waals surface area contributed by atoms with Gasteiger partial charge < -0.3 is 5.32 Å². The Labute approximate surface area is 103 Å². The predicted octanol–water partition coefficient (Wildman–Crippen LogP) is 4.37. The van der Waals surface area contributed by atoms with Crippen molar-refractivity contribution >= 4 is 5.69 Å². The van der Waals surface area contributed by atoms with Crippen LogP contribution in [-0.2, 0) is 0 Å². The lowest BCUT2D eigenvalue weighted by Crippen LogP contribution is -2.21. The van der Waals surface area contributed by atoms with Crippen molar-refractivity contribution in [2.45, 2.75) is 39.5 Å². The summed E-state index contributed by atoms with van der Waals surface area (Å²) in [6, 6.07) is 4.95. The predicted molar refractivity (Wildman–Crippen MR) is 70.7 cm³/mol. The first-order valence-corrected chi connectivity index (χ1v) is 6.65. The Balaban J connectivity index is 1.90. The highest BCUT2D eigenvalue weighted by Gasteiger charge is 2.18. The Hall–Kier alpha value is -1.05. The first-order valence-electron chi connectivity index (χ1n) is 6.65. The molecule has 94 valence electrons. The molecule has 0 saturated heterocycles. The summed E-state index contributed by atoms with van der Waals surface area (Å²) in [4.78, 5) is 0. The molecule has 0 spiro atoms. The summed E-state index contributed by atoms with van der Waals surface area (Å²) in [6.07, 6.45) is 5.33. The summed E-state index contributed by atoms with van der Waals surface area (Å²) in [5, 5.41) is 3.40. The highest BCUT2D eigenvalue weighted by molar-refractivity contribution is 5.50. The van der Waals surface area contributed by atoms with Crippen molar-refractivity contribution in [3.05, 3.63) is 29.6 Å². The van der Waals surface area contributed by atoms with E-state index in [9.17, 15) is 4.39 Å². The van der Waals surface area contributed by atoms with E-state index in [1.807, 2.05) is 13.0 Å². The van der Waals surface area contributed by atoms with Crippen molar-refractivity contribution < 1.29 is 4.39 Å². The van der Waals surface area contributed by atoms with E-state index in [-0.39, 0.29) is 5.82 Å². The summed E-state index contributed by atoms with van der Waals surface area (Å²) in [5.41, 5.74) is 2.07. The van der Waals surface area contributed by atoms with Crippen molar-refractivity contribution in [3.8, 4) is 0 Å². The molecule has 1 aliphatic carbocycles. The van der Waals surface area contributed by atoms with Gasteiger partial charge in [-0.25, -0.2) is 4.39 Å². The summed E-state index contributed by atoms with van der Waals surface area (Å²) >= 11 is 0. The molecule has 1 aliphatic rings. The SMILES string of the molecule is Cc1ccc(F)cc1NCC1CCCC(C)C1. The van der Waals surface area contributed by atoms with Crippen LogP contribution in [0.3, 0.4) is 0 Å². The third-order valence-electron chi connectivity index (χ3n) is 3.83. The second-order valence-electron chi connectivity index (χ2n) is 5.48. The molecule has 1 aromatic carbocycles. The van der Waals surface area contributed by atoms with Crippen LogP contribution in [0, 0.1) is 24.6 Å². The number of aryl methyl sites for hydroxylation is 1. The number of anilines is 1. The average Bonchev–Trinajstić information content (AvgIpc) is 2.30. The zero-order chi connectivity index (χ0) is 12.3. The molecule has 0 radical (unpaired) electrons. The van der Waals surface area contributed by atoms with Gasteiger partial charge in [0, 0.05) is 12.2 Å². The van der Waals surface area contributed by atoms with Crippen molar-refractivity contribution in [2.75, 3.05) is 11.9 Å². The van der Waals surface area contributed by atoms with Gasteiger partial charge in [-0.05, 0) is 49.3 Å². The maximum Gasteiger partial charge on any atom is 0.125 e. The molecule has 1 fully saturated rings. The fraction of sp³-hybridized carbons (Fsp3) is 0.600. The second-order valence-corrected chi connectivity index (χ2v) is 5.48. The van der Waals surface area contributed by atoms with Gasteiger partial charge >= 0.3 is 0 Å². The molecule has 2 unspecified atom stereocenters. The van der Waals surface area contributed by atoms with Crippen LogP contribution in [0.25, 0.3) is 0 Å². The fourth-order valence-corrected chi connectivity index (χ4v) is 2.78. The monoisotopic (exact) mass is 235 g/mol. The minimum atomic E-state index is -0.157. The minimum absolute atomic E-state index is 0.157. The molecule has 1 saturated carbocycles. The maximum atomic E-state index is 13.1. The van der Waals surface area contributed by atoms with Gasteiger partial charge in [-0.3, -0.25) is 0 Å². The Kier molecular flexibility index (Phi) is 4.03. The molecule has 0 bridgehead atoms. The molecule has 1 aromatic rings. The van der Waals surface area contributed by atoms with Crippen LogP contribution in [-0.4, -0.2) is 6.54 Å². The van der Waals surface area contributed by atoms with Crippen molar-refractivity contribution in [1.29, 1.82) is 0 Å². The van der Waals surface area contributed by atoms with Crippen molar-refractivity contribution in [3.63, 3.8) is 0 Å². The third-order valence-corrected chi connectivity index (χ3v) is 3.83. The molecule has 0 heterocycles. The highest BCUT2D eigenvalue weighted by Crippen LogP contribution is 2.29. The van der Waals surface area contributed by atoms with Crippen molar-refractivity contribution in [2.24, 2.45) is 11.8 Å². The smallest absolute Gasteiger partial charge is 0.125 e. The zero-order valence-corrected chi connectivity index (χ0v) is 10.8. The van der Waals surface area contributed by atoms with Crippen molar-refractivity contribution in [1.82, 2.24) is 0 Å². The van der Waals surface area contributed by atoms with E-state index in [4.69, 9.17) is 0 Å². The van der Waals surface area contributed by atoms with Crippen LogP contribution in [0.5, 0.6) is 0 Å². The molecule has 0 aliphatic heterocycles. The summed E-state index contributed by atoms with van der Waals surface area (Å²) in [5.74, 6) is 1.45. The first-order chi connectivity index (χ1) is 8.15. The first kappa shape index (κ1) is 12.4. The van der Waals surface area contributed by atoms with E-state index >= 15 is 0 Å². The normalized spacial score (nSPS) is 24.6. The van der Waals surface area contributed by atoms with Gasteiger partial charge in [0.15, 0.2) is 0 Å². The Bertz CT molecular complexity index is 375. The lowest BCUT2D eigenvalue weighted by molar-refractivity contribution is 0.293. The lowest BCUT2D eigenvalue weighted by Gasteiger charge is -2.27. The van der Waals surface area contributed by atoms with Gasteiger partial charge in [0.25, 0.3) is 0 Å². The Morgan fingerprint density at radius 2 is 2.18 bits per heavy atom. The Morgan fingerprint density at radius 1 is 1.35 bits per heavy atom. The van der Waals surface area contributed by atoms with Gasteiger partial charge in [-0.1, -0.05) is 25.8 Å². The van der Waals surface area contributed by atoms with Crippen LogP contribution in [0.15, 0.2) is 18.2 Å². The van der Waals surface area contributed by atoms with Crippen LogP contribution < -0.4 is 5.32 Å². The molecular formula is C15H22FN. The summed E-state index contributed by atoms with van der Waals surface area (Å²) in [6.45, 7) is 5.33. The maximum absolute atomic E-state index is 13.1. The molecule has 2 atom stereocenters. The molecule has 2 rings (SSSR count).